The second-order valence-corrected chi connectivity index (χ2v) is 8.71. The molecule has 0 bridgehead atoms. The number of thiazole rings is 1. The van der Waals surface area contributed by atoms with Crippen LogP contribution >= 0.6 is 22.7 Å². The first-order chi connectivity index (χ1) is 14.4. The molecule has 0 spiro atoms. The van der Waals surface area contributed by atoms with Crippen molar-refractivity contribution < 1.29 is 13.6 Å². The minimum absolute atomic E-state index is 0.0579. The van der Waals surface area contributed by atoms with Crippen LogP contribution in [-0.4, -0.2) is 27.2 Å². The van der Waals surface area contributed by atoms with Crippen molar-refractivity contribution >= 4 is 50.0 Å². The molecule has 3 heterocycles. The van der Waals surface area contributed by atoms with Gasteiger partial charge in [-0.1, -0.05) is 17.4 Å². The number of aryl methyl sites for hydroxylation is 2. The third-order valence-electron chi connectivity index (χ3n) is 4.47. The molecule has 30 heavy (non-hydrogen) atoms. The van der Waals surface area contributed by atoms with E-state index in [0.717, 1.165) is 33.7 Å². The van der Waals surface area contributed by atoms with Gasteiger partial charge in [-0.05, 0) is 43.5 Å². The van der Waals surface area contributed by atoms with Crippen molar-refractivity contribution in [3.05, 3.63) is 69.7 Å². The van der Waals surface area contributed by atoms with Gasteiger partial charge in [-0.2, -0.15) is 5.10 Å². The van der Waals surface area contributed by atoms with Gasteiger partial charge in [0.2, 0.25) is 0 Å². The van der Waals surface area contributed by atoms with Gasteiger partial charge in [-0.15, -0.1) is 11.3 Å². The molecule has 0 aliphatic rings. The number of hydrogen-bond acceptors (Lipinski definition) is 5. The van der Waals surface area contributed by atoms with E-state index in [9.17, 15) is 13.6 Å². The summed E-state index contributed by atoms with van der Waals surface area (Å²) >= 11 is 2.60. The number of carbonyl (C=O) groups excluding carboxylic acids is 1. The lowest BCUT2D eigenvalue weighted by Crippen LogP contribution is -2.33. The van der Waals surface area contributed by atoms with Crippen LogP contribution in [0.15, 0.2) is 41.8 Å². The standard InChI is InChI=1S/C21H18F2N4OS2/c1-13-10-14(2)27(25-13)8-7-26(19(28)6-5-16-4-3-9-29-16)21-24-20-17(23)11-15(22)12-18(20)30-21/h3-6,9-12H,7-8H2,1-2H3. The molecule has 0 fully saturated rings. The Bertz CT molecular complexity index is 1230. The zero-order valence-corrected chi connectivity index (χ0v) is 17.9. The van der Waals surface area contributed by atoms with E-state index in [0.29, 0.717) is 22.9 Å². The lowest BCUT2D eigenvalue weighted by atomic mass is 10.3. The van der Waals surface area contributed by atoms with Crippen molar-refractivity contribution in [3.63, 3.8) is 0 Å². The maximum absolute atomic E-state index is 14.1. The van der Waals surface area contributed by atoms with Crippen molar-refractivity contribution in [1.82, 2.24) is 14.8 Å². The molecule has 0 radical (unpaired) electrons. The highest BCUT2D eigenvalue weighted by Crippen LogP contribution is 2.31. The Morgan fingerprint density at radius 1 is 1.27 bits per heavy atom. The smallest absolute Gasteiger partial charge is 0.252 e. The molecule has 5 nitrogen and oxygen atoms in total. The zero-order chi connectivity index (χ0) is 21.3. The van der Waals surface area contributed by atoms with Gasteiger partial charge < -0.3 is 0 Å². The zero-order valence-electron chi connectivity index (χ0n) is 16.3. The summed E-state index contributed by atoms with van der Waals surface area (Å²) in [5.74, 6) is -1.70. The van der Waals surface area contributed by atoms with Crippen molar-refractivity contribution in [1.29, 1.82) is 0 Å². The monoisotopic (exact) mass is 444 g/mol. The maximum atomic E-state index is 14.1. The third-order valence-corrected chi connectivity index (χ3v) is 6.33. The highest BCUT2D eigenvalue weighted by molar-refractivity contribution is 7.22. The molecule has 4 rings (SSSR count). The highest BCUT2D eigenvalue weighted by atomic mass is 32.1. The molecule has 0 atom stereocenters. The normalized spacial score (nSPS) is 11.6. The molecule has 0 aliphatic heterocycles. The largest absolute Gasteiger partial charge is 0.283 e. The van der Waals surface area contributed by atoms with Gasteiger partial charge in [-0.25, -0.2) is 13.8 Å². The Hall–Kier alpha value is -2.91. The minimum Gasteiger partial charge on any atom is -0.283 e. The fourth-order valence-corrected chi connectivity index (χ4v) is 4.74. The van der Waals surface area contributed by atoms with E-state index >= 15 is 0 Å². The number of rotatable bonds is 6. The molecule has 3 aromatic heterocycles. The van der Waals surface area contributed by atoms with E-state index in [1.807, 2.05) is 42.1 Å². The number of thiophene rings is 1. The first-order valence-corrected chi connectivity index (χ1v) is 10.9. The second kappa shape index (κ2) is 8.45. The Kier molecular flexibility index (Phi) is 5.74. The predicted octanol–water partition coefficient (Wildman–Crippen LogP) is 5.20. The van der Waals surface area contributed by atoms with Crippen molar-refractivity contribution in [2.45, 2.75) is 20.4 Å². The van der Waals surface area contributed by atoms with Gasteiger partial charge in [0.15, 0.2) is 10.9 Å². The number of benzene rings is 1. The molecule has 1 aromatic carbocycles. The number of aromatic nitrogens is 3. The number of halogens is 2. The number of anilines is 1. The lowest BCUT2D eigenvalue weighted by molar-refractivity contribution is -0.114. The van der Waals surface area contributed by atoms with Crippen LogP contribution in [0.4, 0.5) is 13.9 Å². The summed E-state index contributed by atoms with van der Waals surface area (Å²) in [7, 11) is 0. The first kappa shape index (κ1) is 20.4. The van der Waals surface area contributed by atoms with Crippen molar-refractivity contribution in [3.8, 4) is 0 Å². The van der Waals surface area contributed by atoms with Crippen LogP contribution in [0.5, 0.6) is 0 Å². The van der Waals surface area contributed by atoms with Crippen LogP contribution in [-0.2, 0) is 11.3 Å². The van der Waals surface area contributed by atoms with Crippen LogP contribution in [0.1, 0.15) is 16.3 Å². The van der Waals surface area contributed by atoms with Crippen LogP contribution in [0.3, 0.4) is 0 Å². The molecule has 0 N–H and O–H groups in total. The Morgan fingerprint density at radius 2 is 2.10 bits per heavy atom. The van der Waals surface area contributed by atoms with Crippen LogP contribution in [0, 0.1) is 25.5 Å². The lowest BCUT2D eigenvalue weighted by Gasteiger charge is -2.18. The average Bonchev–Trinajstić information content (AvgIpc) is 3.41. The highest BCUT2D eigenvalue weighted by Gasteiger charge is 2.20. The van der Waals surface area contributed by atoms with Gasteiger partial charge in [0.25, 0.3) is 5.91 Å². The molecule has 4 aromatic rings. The van der Waals surface area contributed by atoms with Gasteiger partial charge in [-0.3, -0.25) is 14.4 Å². The molecule has 154 valence electrons. The number of amides is 1. The van der Waals surface area contributed by atoms with Crippen molar-refractivity contribution in [2.24, 2.45) is 0 Å². The van der Waals surface area contributed by atoms with Crippen LogP contribution in [0.2, 0.25) is 0 Å². The average molecular weight is 445 g/mol. The third kappa shape index (κ3) is 4.31. The Labute approximate surface area is 179 Å². The van der Waals surface area contributed by atoms with E-state index in [-0.39, 0.29) is 11.4 Å². The molecule has 0 aliphatic carbocycles. The number of fused-ring (bicyclic) bond motifs is 1. The van der Waals surface area contributed by atoms with Gasteiger partial charge >= 0.3 is 0 Å². The van der Waals surface area contributed by atoms with E-state index in [1.165, 1.54) is 28.4 Å². The van der Waals surface area contributed by atoms with E-state index in [1.54, 1.807) is 6.08 Å². The van der Waals surface area contributed by atoms with E-state index < -0.39 is 11.6 Å². The molecular formula is C21H18F2N4OS2. The summed E-state index contributed by atoms with van der Waals surface area (Å²) in [6.45, 7) is 4.59. The number of hydrogen-bond donors (Lipinski definition) is 0. The summed E-state index contributed by atoms with van der Waals surface area (Å²) in [5.41, 5.74) is 1.93. The van der Waals surface area contributed by atoms with Gasteiger partial charge in [0.05, 0.1) is 16.9 Å². The number of nitrogens with zero attached hydrogens (tertiary/aromatic N) is 4. The van der Waals surface area contributed by atoms with E-state index in [2.05, 4.69) is 10.1 Å². The minimum atomic E-state index is -0.743. The molecule has 0 saturated heterocycles. The van der Waals surface area contributed by atoms with Crippen molar-refractivity contribution in [2.75, 3.05) is 11.4 Å². The Balaban J connectivity index is 1.66. The Morgan fingerprint density at radius 3 is 2.80 bits per heavy atom. The maximum Gasteiger partial charge on any atom is 0.252 e. The predicted molar refractivity (Wildman–Crippen MR) is 117 cm³/mol. The van der Waals surface area contributed by atoms with Crippen LogP contribution in [0.25, 0.3) is 16.3 Å². The molecule has 9 heteroatoms. The summed E-state index contributed by atoms with van der Waals surface area (Å²) in [6, 6.07) is 7.79. The summed E-state index contributed by atoms with van der Waals surface area (Å²) in [6.07, 6.45) is 3.20. The first-order valence-electron chi connectivity index (χ1n) is 9.20. The fraction of sp³-hybridized carbons (Fsp3) is 0.190. The summed E-state index contributed by atoms with van der Waals surface area (Å²) in [4.78, 5) is 19.7. The summed E-state index contributed by atoms with van der Waals surface area (Å²) < 4.78 is 29.9. The molecule has 0 unspecified atom stereocenters. The molecular weight excluding hydrogens is 426 g/mol. The number of carbonyl (C=O) groups is 1. The van der Waals surface area contributed by atoms with Crippen LogP contribution < -0.4 is 4.90 Å². The molecule has 1 amide bonds. The van der Waals surface area contributed by atoms with Gasteiger partial charge in [0.1, 0.15) is 11.3 Å². The SMILES string of the molecule is Cc1cc(C)n(CCN(C(=O)C=Cc2cccs2)c2nc3c(F)cc(F)cc3s2)n1. The second-order valence-electron chi connectivity index (χ2n) is 6.72. The topological polar surface area (TPSA) is 51.0 Å². The fourth-order valence-electron chi connectivity index (χ4n) is 3.09. The van der Waals surface area contributed by atoms with Gasteiger partial charge in [0, 0.05) is 29.3 Å². The summed E-state index contributed by atoms with van der Waals surface area (Å²) in [5, 5.41) is 6.67. The molecule has 0 saturated carbocycles. The quantitative estimate of drug-likeness (QED) is 0.384. The van der Waals surface area contributed by atoms with E-state index in [4.69, 9.17) is 0 Å².